The summed E-state index contributed by atoms with van der Waals surface area (Å²) in [4.78, 5) is 12.2. The number of carbonyl (C=O) groups excluding carboxylic acids is 1. The second-order valence-corrected chi connectivity index (χ2v) is 6.65. The Morgan fingerprint density at radius 2 is 2.00 bits per heavy atom. The molecule has 0 bridgehead atoms. The Labute approximate surface area is 115 Å². The van der Waals surface area contributed by atoms with Gasteiger partial charge in [0.2, 0.25) is 0 Å². The Morgan fingerprint density at radius 1 is 1.37 bits per heavy atom. The number of nitrogens with two attached hydrogens (primary N) is 1. The number of rotatable bonds is 3. The van der Waals surface area contributed by atoms with Crippen molar-refractivity contribution in [3.8, 4) is 0 Å². The molecule has 0 spiro atoms. The van der Waals surface area contributed by atoms with E-state index in [-0.39, 0.29) is 11.4 Å². The fourth-order valence-corrected chi connectivity index (χ4v) is 2.18. The molecule has 104 valence electrons. The Kier molecular flexibility index (Phi) is 3.33. The van der Waals surface area contributed by atoms with E-state index in [0.717, 1.165) is 36.1 Å². The summed E-state index contributed by atoms with van der Waals surface area (Å²) < 4.78 is 5.52. The predicted molar refractivity (Wildman–Crippen MR) is 76.8 cm³/mol. The fraction of sp³-hybridized carbons (Fsp3) is 0.562. The minimum atomic E-state index is -0.418. The first kappa shape index (κ1) is 13.9. The van der Waals surface area contributed by atoms with Crippen LogP contribution in [-0.2, 0) is 16.0 Å². The maximum Gasteiger partial charge on any atom is 0.312 e. The van der Waals surface area contributed by atoms with Crippen LogP contribution in [0.15, 0.2) is 18.2 Å². The number of nitrogen functional groups attached to an aromatic ring is 1. The summed E-state index contributed by atoms with van der Waals surface area (Å²) in [6.07, 6.45) is 2.55. The van der Waals surface area contributed by atoms with Crippen molar-refractivity contribution >= 4 is 11.7 Å². The Hall–Kier alpha value is -1.51. The molecule has 1 aliphatic carbocycles. The van der Waals surface area contributed by atoms with Crippen LogP contribution in [0.25, 0.3) is 0 Å². The summed E-state index contributed by atoms with van der Waals surface area (Å²) in [6, 6.07) is 6.03. The number of hydrogen-bond donors (Lipinski definition) is 1. The van der Waals surface area contributed by atoms with Crippen LogP contribution in [0.5, 0.6) is 0 Å². The molecule has 0 amide bonds. The second-order valence-electron chi connectivity index (χ2n) is 6.65. The Balaban J connectivity index is 2.09. The third kappa shape index (κ3) is 3.28. The zero-order valence-corrected chi connectivity index (χ0v) is 12.2. The van der Waals surface area contributed by atoms with Gasteiger partial charge in [0.05, 0.1) is 5.41 Å². The van der Waals surface area contributed by atoms with E-state index in [1.54, 1.807) is 0 Å². The molecule has 1 aliphatic rings. The van der Waals surface area contributed by atoms with Gasteiger partial charge >= 0.3 is 5.97 Å². The number of aryl methyl sites for hydroxylation is 1. The van der Waals surface area contributed by atoms with Gasteiger partial charge in [-0.25, -0.2) is 0 Å². The smallest absolute Gasteiger partial charge is 0.312 e. The van der Waals surface area contributed by atoms with Crippen molar-refractivity contribution < 1.29 is 9.53 Å². The quantitative estimate of drug-likeness (QED) is 0.671. The third-order valence-electron chi connectivity index (χ3n) is 3.57. The van der Waals surface area contributed by atoms with Gasteiger partial charge in [-0.05, 0) is 64.2 Å². The number of carbonyl (C=O) groups is 1. The molecule has 0 aromatic heterocycles. The molecule has 0 aliphatic heterocycles. The summed E-state index contributed by atoms with van der Waals surface area (Å²) >= 11 is 0. The van der Waals surface area contributed by atoms with Crippen LogP contribution in [0.2, 0.25) is 0 Å². The molecule has 2 rings (SSSR count). The van der Waals surface area contributed by atoms with Crippen molar-refractivity contribution in [1.29, 1.82) is 0 Å². The van der Waals surface area contributed by atoms with Crippen molar-refractivity contribution in [3.05, 3.63) is 29.3 Å². The lowest BCUT2D eigenvalue weighted by Gasteiger charge is -2.24. The highest BCUT2D eigenvalue weighted by atomic mass is 16.6. The molecule has 0 saturated heterocycles. The Bertz CT molecular complexity index is 496. The summed E-state index contributed by atoms with van der Waals surface area (Å²) in [5.74, 6) is -0.0702. The summed E-state index contributed by atoms with van der Waals surface area (Å²) in [5, 5.41) is 0. The lowest BCUT2D eigenvalue weighted by molar-refractivity contribution is -0.161. The number of hydrogen-bond acceptors (Lipinski definition) is 3. The molecular weight excluding hydrogens is 238 g/mol. The molecule has 0 heterocycles. The van der Waals surface area contributed by atoms with Crippen LogP contribution < -0.4 is 5.73 Å². The van der Waals surface area contributed by atoms with Gasteiger partial charge in [-0.3, -0.25) is 4.79 Å². The maximum atomic E-state index is 12.2. The molecule has 0 radical (unpaired) electrons. The van der Waals surface area contributed by atoms with E-state index in [4.69, 9.17) is 10.5 Å². The average molecular weight is 261 g/mol. The van der Waals surface area contributed by atoms with Gasteiger partial charge in [0, 0.05) is 5.69 Å². The summed E-state index contributed by atoms with van der Waals surface area (Å²) in [6.45, 7) is 7.71. The zero-order valence-electron chi connectivity index (χ0n) is 12.2. The minimum Gasteiger partial charge on any atom is -0.460 e. The molecule has 2 N–H and O–H groups in total. The monoisotopic (exact) mass is 261 g/mol. The van der Waals surface area contributed by atoms with Crippen LogP contribution in [0.1, 0.15) is 44.7 Å². The van der Waals surface area contributed by atoms with Crippen molar-refractivity contribution in [2.24, 2.45) is 5.41 Å². The minimum absolute atomic E-state index is 0.0702. The van der Waals surface area contributed by atoms with E-state index in [0.29, 0.717) is 0 Å². The van der Waals surface area contributed by atoms with Crippen LogP contribution in [0, 0.1) is 12.3 Å². The van der Waals surface area contributed by atoms with Crippen LogP contribution in [0.3, 0.4) is 0 Å². The van der Waals surface area contributed by atoms with Gasteiger partial charge in [-0.2, -0.15) is 0 Å². The lowest BCUT2D eigenvalue weighted by Crippen LogP contribution is -2.30. The molecule has 1 aromatic carbocycles. The van der Waals surface area contributed by atoms with Crippen LogP contribution in [0.4, 0.5) is 5.69 Å². The molecule has 0 atom stereocenters. The van der Waals surface area contributed by atoms with Crippen molar-refractivity contribution in [2.45, 2.75) is 52.6 Å². The molecule has 19 heavy (non-hydrogen) atoms. The number of anilines is 1. The number of ether oxygens (including phenoxy) is 1. The maximum absolute atomic E-state index is 12.2. The largest absolute Gasteiger partial charge is 0.460 e. The highest BCUT2D eigenvalue weighted by Crippen LogP contribution is 2.50. The van der Waals surface area contributed by atoms with Gasteiger partial charge in [-0.15, -0.1) is 0 Å². The zero-order chi connectivity index (χ0) is 14.3. The third-order valence-corrected chi connectivity index (χ3v) is 3.57. The van der Waals surface area contributed by atoms with Crippen molar-refractivity contribution in [2.75, 3.05) is 5.73 Å². The molecule has 3 heteroatoms. The topological polar surface area (TPSA) is 52.3 Å². The average Bonchev–Trinajstić information content (AvgIpc) is 3.02. The molecule has 1 aromatic rings. The number of esters is 1. The Morgan fingerprint density at radius 3 is 2.47 bits per heavy atom. The van der Waals surface area contributed by atoms with E-state index in [1.165, 1.54) is 0 Å². The summed E-state index contributed by atoms with van der Waals surface area (Å²) in [5.41, 5.74) is 8.17. The molecular formula is C16H23NO2. The van der Waals surface area contributed by atoms with E-state index in [1.807, 2.05) is 39.8 Å². The first-order chi connectivity index (χ1) is 8.72. The second kappa shape index (κ2) is 4.55. The standard InChI is InChI=1S/C16H23NO2/c1-11-5-6-12(9-13(11)17)10-16(7-8-16)14(18)19-15(2,3)4/h5-6,9H,7-8,10,17H2,1-4H3. The summed E-state index contributed by atoms with van der Waals surface area (Å²) in [7, 11) is 0. The molecule has 3 nitrogen and oxygen atoms in total. The first-order valence-corrected chi connectivity index (χ1v) is 6.80. The van der Waals surface area contributed by atoms with E-state index in [9.17, 15) is 4.79 Å². The first-order valence-electron chi connectivity index (χ1n) is 6.80. The van der Waals surface area contributed by atoms with Crippen LogP contribution >= 0.6 is 0 Å². The number of benzene rings is 1. The van der Waals surface area contributed by atoms with Gasteiger partial charge in [0.1, 0.15) is 5.60 Å². The van der Waals surface area contributed by atoms with Crippen LogP contribution in [-0.4, -0.2) is 11.6 Å². The molecule has 1 saturated carbocycles. The highest BCUT2D eigenvalue weighted by molar-refractivity contribution is 5.80. The van der Waals surface area contributed by atoms with Gasteiger partial charge < -0.3 is 10.5 Å². The van der Waals surface area contributed by atoms with E-state index < -0.39 is 5.60 Å². The van der Waals surface area contributed by atoms with Gasteiger partial charge in [0.15, 0.2) is 0 Å². The lowest BCUT2D eigenvalue weighted by atomic mass is 9.95. The SMILES string of the molecule is Cc1ccc(CC2(C(=O)OC(C)(C)C)CC2)cc1N. The fourth-order valence-electron chi connectivity index (χ4n) is 2.18. The van der Waals surface area contributed by atoms with Gasteiger partial charge in [-0.1, -0.05) is 12.1 Å². The molecule has 1 fully saturated rings. The highest BCUT2D eigenvalue weighted by Gasteiger charge is 2.52. The molecule has 0 unspecified atom stereocenters. The van der Waals surface area contributed by atoms with Crippen molar-refractivity contribution in [3.63, 3.8) is 0 Å². The van der Waals surface area contributed by atoms with E-state index >= 15 is 0 Å². The van der Waals surface area contributed by atoms with Crippen molar-refractivity contribution in [1.82, 2.24) is 0 Å². The van der Waals surface area contributed by atoms with E-state index in [2.05, 4.69) is 6.07 Å². The predicted octanol–water partition coefficient (Wildman–Crippen LogP) is 3.24. The normalized spacial score (nSPS) is 17.1. The van der Waals surface area contributed by atoms with Gasteiger partial charge in [0.25, 0.3) is 0 Å².